The lowest BCUT2D eigenvalue weighted by atomic mass is 10.1. The summed E-state index contributed by atoms with van der Waals surface area (Å²) in [5.74, 6) is -0.386. The highest BCUT2D eigenvalue weighted by Gasteiger charge is 2.35. The third-order valence-electron chi connectivity index (χ3n) is 3.04. The van der Waals surface area contributed by atoms with Gasteiger partial charge in [0.15, 0.2) is 0 Å². The van der Waals surface area contributed by atoms with Gasteiger partial charge in [-0.2, -0.15) is 13.2 Å². The Balaban J connectivity index is 2.17. The van der Waals surface area contributed by atoms with Gasteiger partial charge in [0, 0.05) is 23.6 Å². The molecule has 20 heavy (non-hydrogen) atoms. The number of carbonyl (C=O) groups excluding carboxylic acids is 1. The van der Waals surface area contributed by atoms with Crippen LogP contribution in [0.15, 0.2) is 34.7 Å². The standard InChI is InChI=1S/C13H11ClF3NOS/c14-11-2-1-9(20)7-10(11)12(19)18-5-3-8(4-6-18)13(15,16)17/h1-3,7,20H,4-6H2. The van der Waals surface area contributed by atoms with Gasteiger partial charge in [-0.3, -0.25) is 4.79 Å². The van der Waals surface area contributed by atoms with Gasteiger partial charge in [-0.25, -0.2) is 0 Å². The summed E-state index contributed by atoms with van der Waals surface area (Å²) in [6, 6.07) is 4.69. The van der Waals surface area contributed by atoms with E-state index < -0.39 is 11.7 Å². The van der Waals surface area contributed by atoms with E-state index in [1.807, 2.05) is 0 Å². The van der Waals surface area contributed by atoms with Gasteiger partial charge < -0.3 is 4.90 Å². The summed E-state index contributed by atoms with van der Waals surface area (Å²) in [6.45, 7) is -0.0435. The lowest BCUT2D eigenvalue weighted by Crippen LogP contribution is -2.36. The Bertz CT molecular complexity index is 571. The minimum atomic E-state index is -4.32. The fourth-order valence-electron chi connectivity index (χ4n) is 1.96. The first-order valence-electron chi connectivity index (χ1n) is 5.83. The molecule has 108 valence electrons. The molecule has 1 heterocycles. The smallest absolute Gasteiger partial charge is 0.335 e. The van der Waals surface area contributed by atoms with Crippen molar-refractivity contribution in [2.45, 2.75) is 17.5 Å². The molecule has 0 fully saturated rings. The first-order chi connectivity index (χ1) is 9.29. The van der Waals surface area contributed by atoms with E-state index in [9.17, 15) is 18.0 Å². The second kappa shape index (κ2) is 5.69. The molecule has 1 aromatic carbocycles. The van der Waals surface area contributed by atoms with Crippen molar-refractivity contribution < 1.29 is 18.0 Å². The van der Waals surface area contributed by atoms with Gasteiger partial charge in [0.1, 0.15) is 0 Å². The first-order valence-corrected chi connectivity index (χ1v) is 6.65. The van der Waals surface area contributed by atoms with Crippen LogP contribution in [0.5, 0.6) is 0 Å². The van der Waals surface area contributed by atoms with Crippen molar-refractivity contribution in [2.75, 3.05) is 13.1 Å². The number of hydrogen-bond acceptors (Lipinski definition) is 2. The van der Waals surface area contributed by atoms with E-state index in [4.69, 9.17) is 11.6 Å². The van der Waals surface area contributed by atoms with Crippen molar-refractivity contribution in [3.8, 4) is 0 Å². The zero-order chi connectivity index (χ0) is 14.9. The van der Waals surface area contributed by atoms with E-state index in [0.717, 1.165) is 6.08 Å². The summed E-state index contributed by atoms with van der Waals surface area (Å²) < 4.78 is 37.5. The Morgan fingerprint density at radius 3 is 2.60 bits per heavy atom. The summed E-state index contributed by atoms with van der Waals surface area (Å²) >= 11 is 10.1. The van der Waals surface area contributed by atoms with Crippen LogP contribution in [-0.4, -0.2) is 30.1 Å². The van der Waals surface area contributed by atoms with Crippen molar-refractivity contribution in [3.05, 3.63) is 40.4 Å². The van der Waals surface area contributed by atoms with E-state index in [1.54, 1.807) is 6.07 Å². The summed E-state index contributed by atoms with van der Waals surface area (Å²) in [5.41, 5.74) is -0.335. The fraction of sp³-hybridized carbons (Fsp3) is 0.308. The molecule has 0 aromatic heterocycles. The van der Waals surface area contributed by atoms with Crippen LogP contribution in [0.2, 0.25) is 5.02 Å². The molecular weight excluding hydrogens is 311 g/mol. The largest absolute Gasteiger partial charge is 0.412 e. The van der Waals surface area contributed by atoms with Crippen molar-refractivity contribution in [2.24, 2.45) is 0 Å². The SMILES string of the molecule is O=C(c1cc(S)ccc1Cl)N1CC=C(C(F)(F)F)CC1. The minimum absolute atomic E-state index is 0.0251. The van der Waals surface area contributed by atoms with Crippen molar-refractivity contribution >= 4 is 30.1 Å². The number of alkyl halides is 3. The topological polar surface area (TPSA) is 20.3 Å². The Hall–Kier alpha value is -1.14. The van der Waals surface area contributed by atoms with Crippen LogP contribution in [0.1, 0.15) is 16.8 Å². The molecule has 0 aliphatic carbocycles. The molecule has 0 saturated heterocycles. The first kappa shape index (κ1) is 15.3. The fourth-order valence-corrected chi connectivity index (χ4v) is 2.36. The highest BCUT2D eigenvalue weighted by Crippen LogP contribution is 2.31. The maximum Gasteiger partial charge on any atom is 0.412 e. The Labute approximate surface area is 124 Å². The molecule has 2 rings (SSSR count). The number of thiol groups is 1. The zero-order valence-corrected chi connectivity index (χ0v) is 11.9. The number of carbonyl (C=O) groups is 1. The minimum Gasteiger partial charge on any atom is -0.335 e. The number of benzene rings is 1. The molecule has 1 aliphatic rings. The number of hydrogen-bond donors (Lipinski definition) is 1. The molecule has 2 nitrogen and oxygen atoms in total. The van der Waals surface area contributed by atoms with Crippen LogP contribution in [0.25, 0.3) is 0 Å². The van der Waals surface area contributed by atoms with Crippen LogP contribution in [0.3, 0.4) is 0 Å². The Kier molecular flexibility index (Phi) is 4.34. The van der Waals surface area contributed by atoms with E-state index in [2.05, 4.69) is 12.6 Å². The molecule has 1 aliphatic heterocycles. The molecule has 0 saturated carbocycles. The van der Waals surface area contributed by atoms with E-state index >= 15 is 0 Å². The third-order valence-corrected chi connectivity index (χ3v) is 3.65. The maximum atomic E-state index is 12.5. The van der Waals surface area contributed by atoms with Gasteiger partial charge in [0.05, 0.1) is 10.6 Å². The lowest BCUT2D eigenvalue weighted by Gasteiger charge is -2.27. The van der Waals surface area contributed by atoms with Crippen molar-refractivity contribution in [3.63, 3.8) is 0 Å². The number of rotatable bonds is 1. The van der Waals surface area contributed by atoms with Crippen LogP contribution in [0, 0.1) is 0 Å². The summed E-state index contributed by atoms with van der Waals surface area (Å²) in [6.07, 6.45) is -3.48. The average Bonchev–Trinajstić information content (AvgIpc) is 2.40. The van der Waals surface area contributed by atoms with Crippen molar-refractivity contribution in [1.82, 2.24) is 4.90 Å². The molecule has 0 N–H and O–H groups in total. The molecular formula is C13H11ClF3NOS. The molecule has 0 atom stereocenters. The summed E-state index contributed by atoms with van der Waals surface area (Å²) in [4.78, 5) is 14.1. The van der Waals surface area contributed by atoms with Gasteiger partial charge in [0.25, 0.3) is 5.91 Å². The molecule has 7 heteroatoms. The molecule has 0 spiro atoms. The van der Waals surface area contributed by atoms with Gasteiger partial charge in [0.2, 0.25) is 0 Å². The van der Waals surface area contributed by atoms with E-state index in [0.29, 0.717) is 4.90 Å². The van der Waals surface area contributed by atoms with Gasteiger partial charge >= 0.3 is 6.18 Å². The normalized spacial score (nSPS) is 16.1. The van der Waals surface area contributed by atoms with Crippen LogP contribution in [-0.2, 0) is 0 Å². The van der Waals surface area contributed by atoms with Gasteiger partial charge in [-0.05, 0) is 24.6 Å². The highest BCUT2D eigenvalue weighted by atomic mass is 35.5. The quantitative estimate of drug-likeness (QED) is 0.613. The predicted octanol–water partition coefficient (Wildman–Crippen LogP) is 3.96. The monoisotopic (exact) mass is 321 g/mol. The third kappa shape index (κ3) is 3.30. The summed E-state index contributed by atoms with van der Waals surface area (Å²) in [5, 5.41) is 0.262. The van der Waals surface area contributed by atoms with Crippen LogP contribution >= 0.6 is 24.2 Å². The number of halogens is 4. The molecule has 1 amide bonds. The number of nitrogens with zero attached hydrogens (tertiary/aromatic N) is 1. The van der Waals surface area contributed by atoms with Gasteiger partial charge in [-0.1, -0.05) is 17.7 Å². The molecule has 0 radical (unpaired) electrons. The molecule has 0 bridgehead atoms. The molecule has 1 aromatic rings. The van der Waals surface area contributed by atoms with E-state index in [-0.39, 0.29) is 36.0 Å². The highest BCUT2D eigenvalue weighted by molar-refractivity contribution is 7.80. The second-order valence-corrected chi connectivity index (χ2v) is 5.32. The van der Waals surface area contributed by atoms with Crippen molar-refractivity contribution in [1.29, 1.82) is 0 Å². The number of amides is 1. The van der Waals surface area contributed by atoms with Crippen LogP contribution in [0.4, 0.5) is 13.2 Å². The molecule has 0 unspecified atom stereocenters. The Morgan fingerprint density at radius 2 is 2.05 bits per heavy atom. The van der Waals surface area contributed by atoms with Crippen LogP contribution < -0.4 is 0 Å². The predicted molar refractivity (Wildman–Crippen MR) is 73.4 cm³/mol. The lowest BCUT2D eigenvalue weighted by molar-refractivity contribution is -0.0957. The zero-order valence-electron chi connectivity index (χ0n) is 10.2. The van der Waals surface area contributed by atoms with E-state index in [1.165, 1.54) is 17.0 Å². The summed E-state index contributed by atoms with van der Waals surface area (Å²) in [7, 11) is 0. The second-order valence-electron chi connectivity index (χ2n) is 4.39. The van der Waals surface area contributed by atoms with Gasteiger partial charge in [-0.15, -0.1) is 12.6 Å². The maximum absolute atomic E-state index is 12.5. The average molecular weight is 322 g/mol. The Morgan fingerprint density at radius 1 is 1.35 bits per heavy atom.